The molecule has 0 atom stereocenters. The van der Waals surface area contributed by atoms with Crippen LogP contribution in [0.3, 0.4) is 0 Å². The Labute approximate surface area is 147 Å². The zero-order chi connectivity index (χ0) is 17.4. The van der Waals surface area contributed by atoms with E-state index in [2.05, 4.69) is 34.7 Å². The third kappa shape index (κ3) is 6.16. The normalized spacial score (nSPS) is 10.7. The first kappa shape index (κ1) is 18.2. The summed E-state index contributed by atoms with van der Waals surface area (Å²) >= 11 is 5.94. The van der Waals surface area contributed by atoms with Crippen molar-refractivity contribution in [1.82, 2.24) is 15.5 Å². The van der Waals surface area contributed by atoms with Gasteiger partial charge < -0.3 is 10.6 Å². The fourth-order valence-electron chi connectivity index (χ4n) is 2.14. The first-order valence-electron chi connectivity index (χ1n) is 8.15. The number of nitrogens with one attached hydrogen (secondary N) is 2. The molecule has 2 rings (SSSR count). The molecule has 0 spiro atoms. The predicted octanol–water partition coefficient (Wildman–Crippen LogP) is 3.56. The average molecular weight is 347 g/mol. The molecule has 5 nitrogen and oxygen atoms in total. The third-order valence-electron chi connectivity index (χ3n) is 3.51. The van der Waals surface area contributed by atoms with Gasteiger partial charge in [-0.1, -0.05) is 37.6 Å². The van der Waals surface area contributed by atoms with Gasteiger partial charge in [-0.05, 0) is 48.6 Å². The Morgan fingerprint density at radius 2 is 2.00 bits per heavy atom. The Morgan fingerprint density at radius 1 is 1.17 bits per heavy atom. The first-order valence-corrected chi connectivity index (χ1v) is 8.52. The van der Waals surface area contributed by atoms with Crippen LogP contribution < -0.4 is 10.6 Å². The molecule has 0 aliphatic heterocycles. The second-order valence-corrected chi connectivity index (χ2v) is 6.49. The topological polar surface area (TPSA) is 66.9 Å². The molecule has 6 heteroatoms. The van der Waals surface area contributed by atoms with Gasteiger partial charge in [0.2, 0.25) is 0 Å². The first-order chi connectivity index (χ1) is 11.5. The Morgan fingerprint density at radius 3 is 2.67 bits per heavy atom. The van der Waals surface area contributed by atoms with Crippen LogP contribution in [0.4, 0.5) is 5.82 Å². The number of nitrogens with zero attached hydrogens (tertiary/aromatic N) is 2. The largest absolute Gasteiger partial charge is 0.369 e. The number of rotatable bonds is 8. The van der Waals surface area contributed by atoms with Crippen LogP contribution >= 0.6 is 11.6 Å². The predicted molar refractivity (Wildman–Crippen MR) is 97.5 cm³/mol. The molecule has 0 fully saturated rings. The van der Waals surface area contributed by atoms with Crippen LogP contribution in [0.1, 0.15) is 36.3 Å². The summed E-state index contributed by atoms with van der Waals surface area (Å²) in [5.41, 5.74) is 1.40. The fraction of sp³-hybridized carbons (Fsp3) is 0.389. The maximum absolute atomic E-state index is 12.1. The fourth-order valence-corrected chi connectivity index (χ4v) is 2.35. The maximum atomic E-state index is 12.1. The van der Waals surface area contributed by atoms with Gasteiger partial charge in [-0.3, -0.25) is 4.79 Å². The van der Waals surface area contributed by atoms with Crippen LogP contribution in [0.5, 0.6) is 0 Å². The van der Waals surface area contributed by atoms with E-state index >= 15 is 0 Å². The Bertz CT molecular complexity index is 658. The Hall–Kier alpha value is -2.14. The summed E-state index contributed by atoms with van der Waals surface area (Å²) in [4.78, 5) is 12.1. The molecular weight excluding hydrogens is 324 g/mol. The second kappa shape index (κ2) is 9.23. The number of hydrogen-bond acceptors (Lipinski definition) is 4. The van der Waals surface area contributed by atoms with E-state index in [1.54, 1.807) is 12.1 Å². The summed E-state index contributed by atoms with van der Waals surface area (Å²) < 4.78 is 0. The number of anilines is 1. The van der Waals surface area contributed by atoms with Crippen molar-refractivity contribution in [3.8, 4) is 0 Å². The molecule has 1 aromatic carbocycles. The van der Waals surface area contributed by atoms with Gasteiger partial charge in [-0.15, -0.1) is 10.2 Å². The van der Waals surface area contributed by atoms with Crippen molar-refractivity contribution >= 4 is 23.3 Å². The number of benzene rings is 1. The minimum atomic E-state index is -0.224. The van der Waals surface area contributed by atoms with E-state index in [1.807, 2.05) is 24.3 Å². The minimum Gasteiger partial charge on any atom is -0.369 e. The molecule has 0 saturated heterocycles. The second-order valence-electron chi connectivity index (χ2n) is 6.05. The molecule has 0 unspecified atom stereocenters. The molecule has 0 aliphatic carbocycles. The van der Waals surface area contributed by atoms with Crippen molar-refractivity contribution in [1.29, 1.82) is 0 Å². The van der Waals surface area contributed by atoms with Crippen LogP contribution in [-0.4, -0.2) is 29.2 Å². The van der Waals surface area contributed by atoms with Gasteiger partial charge in [-0.25, -0.2) is 0 Å². The number of carbonyl (C=O) groups is 1. The highest BCUT2D eigenvalue weighted by molar-refractivity contribution is 6.30. The van der Waals surface area contributed by atoms with Crippen LogP contribution in [0.25, 0.3) is 0 Å². The summed E-state index contributed by atoms with van der Waals surface area (Å²) in [5, 5.41) is 14.7. The lowest BCUT2D eigenvalue weighted by Crippen LogP contribution is -2.26. The Balaban J connectivity index is 1.77. The van der Waals surface area contributed by atoms with Crippen molar-refractivity contribution < 1.29 is 4.79 Å². The number of halogens is 1. The average Bonchev–Trinajstić information content (AvgIpc) is 2.55. The SMILES string of the molecule is CC(C)CCNc1ccc(C(=O)NCCc2cccc(Cl)c2)nn1. The van der Waals surface area contributed by atoms with Crippen LogP contribution in [0.2, 0.25) is 5.02 Å². The molecule has 0 aliphatic rings. The smallest absolute Gasteiger partial charge is 0.271 e. The number of hydrogen-bond donors (Lipinski definition) is 2. The highest BCUT2D eigenvalue weighted by Gasteiger charge is 2.07. The van der Waals surface area contributed by atoms with E-state index in [0.717, 1.165) is 18.5 Å². The van der Waals surface area contributed by atoms with E-state index in [4.69, 9.17) is 11.6 Å². The molecule has 0 bridgehead atoms. The van der Waals surface area contributed by atoms with Gasteiger partial charge in [0.1, 0.15) is 5.82 Å². The van der Waals surface area contributed by atoms with E-state index < -0.39 is 0 Å². The maximum Gasteiger partial charge on any atom is 0.271 e. The zero-order valence-corrected chi connectivity index (χ0v) is 14.8. The molecule has 1 heterocycles. The lowest BCUT2D eigenvalue weighted by molar-refractivity contribution is 0.0948. The van der Waals surface area contributed by atoms with Gasteiger partial charge in [0, 0.05) is 18.1 Å². The summed E-state index contributed by atoms with van der Waals surface area (Å²) in [6, 6.07) is 11.1. The Kier molecular flexibility index (Phi) is 7.00. The van der Waals surface area contributed by atoms with Crippen LogP contribution in [0.15, 0.2) is 36.4 Å². The summed E-state index contributed by atoms with van der Waals surface area (Å²) in [7, 11) is 0. The molecule has 24 heavy (non-hydrogen) atoms. The molecule has 0 radical (unpaired) electrons. The highest BCUT2D eigenvalue weighted by atomic mass is 35.5. The lowest BCUT2D eigenvalue weighted by Gasteiger charge is -2.08. The van der Waals surface area contributed by atoms with Gasteiger partial charge in [0.25, 0.3) is 5.91 Å². The van der Waals surface area contributed by atoms with E-state index in [9.17, 15) is 4.79 Å². The number of amides is 1. The number of aromatic nitrogens is 2. The van der Waals surface area contributed by atoms with Crippen molar-refractivity contribution in [2.45, 2.75) is 26.7 Å². The van der Waals surface area contributed by atoms with E-state index in [-0.39, 0.29) is 5.91 Å². The van der Waals surface area contributed by atoms with Crippen molar-refractivity contribution in [2.24, 2.45) is 5.92 Å². The van der Waals surface area contributed by atoms with Gasteiger partial charge in [0.05, 0.1) is 0 Å². The molecule has 1 amide bonds. The van der Waals surface area contributed by atoms with Gasteiger partial charge >= 0.3 is 0 Å². The molecule has 2 N–H and O–H groups in total. The van der Waals surface area contributed by atoms with Gasteiger partial charge in [-0.2, -0.15) is 0 Å². The minimum absolute atomic E-state index is 0.224. The van der Waals surface area contributed by atoms with Crippen molar-refractivity contribution in [3.05, 3.63) is 52.7 Å². The van der Waals surface area contributed by atoms with E-state index in [0.29, 0.717) is 35.4 Å². The highest BCUT2D eigenvalue weighted by Crippen LogP contribution is 2.10. The summed E-state index contributed by atoms with van der Waals surface area (Å²) in [6.07, 6.45) is 1.78. The van der Waals surface area contributed by atoms with Gasteiger partial charge in [0.15, 0.2) is 5.69 Å². The zero-order valence-electron chi connectivity index (χ0n) is 14.1. The van der Waals surface area contributed by atoms with Crippen molar-refractivity contribution in [2.75, 3.05) is 18.4 Å². The third-order valence-corrected chi connectivity index (χ3v) is 3.75. The molecule has 128 valence electrons. The van der Waals surface area contributed by atoms with Crippen LogP contribution in [-0.2, 0) is 6.42 Å². The van der Waals surface area contributed by atoms with E-state index in [1.165, 1.54) is 0 Å². The lowest BCUT2D eigenvalue weighted by atomic mass is 10.1. The molecule has 0 saturated carbocycles. The van der Waals surface area contributed by atoms with Crippen molar-refractivity contribution in [3.63, 3.8) is 0 Å². The number of carbonyl (C=O) groups excluding carboxylic acids is 1. The summed E-state index contributed by atoms with van der Waals surface area (Å²) in [6.45, 7) is 5.71. The van der Waals surface area contributed by atoms with Crippen LogP contribution in [0, 0.1) is 5.92 Å². The monoisotopic (exact) mass is 346 g/mol. The molecule has 2 aromatic rings. The standard InChI is InChI=1S/C18H23ClN4O/c1-13(2)8-10-20-17-7-6-16(22-23-17)18(24)21-11-9-14-4-3-5-15(19)12-14/h3-7,12-13H,8-11H2,1-2H3,(H,20,23)(H,21,24). The molecular formula is C18H23ClN4O. The quantitative estimate of drug-likeness (QED) is 0.767. The summed E-state index contributed by atoms with van der Waals surface area (Å²) in [5.74, 6) is 1.10. The molecule has 1 aromatic heterocycles.